The van der Waals surface area contributed by atoms with Crippen molar-refractivity contribution in [2.75, 3.05) is 52.0 Å². The Labute approximate surface area is 215 Å². The molecule has 0 spiro atoms. The third-order valence-corrected chi connectivity index (χ3v) is 7.04. The van der Waals surface area contributed by atoms with Crippen molar-refractivity contribution in [3.63, 3.8) is 0 Å². The number of ether oxygens (including phenoxy) is 2. The Morgan fingerprint density at radius 2 is 2.29 bits per heavy atom. The molecule has 1 saturated heterocycles. The highest BCUT2D eigenvalue weighted by atomic mass is 35.5. The lowest BCUT2D eigenvalue weighted by molar-refractivity contribution is -0.434. The van der Waals surface area contributed by atoms with Crippen LogP contribution in [0.2, 0.25) is 5.15 Å². The quantitative estimate of drug-likeness (QED) is 0.174. The van der Waals surface area contributed by atoms with Crippen LogP contribution in [0.1, 0.15) is 31.7 Å². The summed E-state index contributed by atoms with van der Waals surface area (Å²) in [6, 6.07) is 3.00. The van der Waals surface area contributed by atoms with Crippen molar-refractivity contribution < 1.29 is 19.2 Å². The molecular formula is C23H34ClN5O5S. The molecule has 12 heteroatoms. The third-order valence-electron chi connectivity index (χ3n) is 6.17. The van der Waals surface area contributed by atoms with Crippen LogP contribution >= 0.6 is 23.4 Å². The van der Waals surface area contributed by atoms with Gasteiger partial charge in [-0.1, -0.05) is 17.7 Å². The molecule has 3 heterocycles. The van der Waals surface area contributed by atoms with Crippen molar-refractivity contribution >= 4 is 29.3 Å². The van der Waals surface area contributed by atoms with Gasteiger partial charge in [-0.3, -0.25) is 19.8 Å². The Balaban J connectivity index is 1.80. The SMILES string of the molecule is CCN(Cc1ccc(Cl)nc1)C1=C([N+](=O)[O-])CN(C(CCSC)C(=O)OCC2CCCO2)CN1C. The fourth-order valence-corrected chi connectivity index (χ4v) is 5.00. The molecule has 35 heavy (non-hydrogen) atoms. The van der Waals surface area contributed by atoms with Gasteiger partial charge in [-0.15, -0.1) is 0 Å². The van der Waals surface area contributed by atoms with E-state index in [0.717, 1.165) is 24.2 Å². The number of esters is 1. The monoisotopic (exact) mass is 527 g/mol. The van der Waals surface area contributed by atoms with Gasteiger partial charge in [-0.2, -0.15) is 11.8 Å². The van der Waals surface area contributed by atoms with E-state index in [1.54, 1.807) is 24.0 Å². The predicted octanol–water partition coefficient (Wildman–Crippen LogP) is 3.05. The standard InChI is InChI=1S/C23H34ClN5O5S/c1-4-27(13-17-7-8-21(24)25-12-17)22-20(29(31)32)14-28(16-26(22)2)19(9-11-35-3)23(30)34-15-18-6-5-10-33-18/h7-8,12,18-19H,4-6,9-11,13-16H2,1-3H3. The molecule has 0 bridgehead atoms. The average Bonchev–Trinajstić information content (AvgIpc) is 3.36. The smallest absolute Gasteiger partial charge is 0.323 e. The molecule has 2 aliphatic heterocycles. The Morgan fingerprint density at radius 3 is 2.89 bits per heavy atom. The molecule has 2 unspecified atom stereocenters. The minimum atomic E-state index is -0.571. The first kappa shape index (κ1) is 27.5. The summed E-state index contributed by atoms with van der Waals surface area (Å²) in [4.78, 5) is 34.7. The summed E-state index contributed by atoms with van der Waals surface area (Å²) >= 11 is 7.53. The van der Waals surface area contributed by atoms with Crippen LogP contribution in [0.15, 0.2) is 29.8 Å². The summed E-state index contributed by atoms with van der Waals surface area (Å²) in [5.74, 6) is 0.934. The molecule has 0 aromatic carbocycles. The minimum absolute atomic E-state index is 0.0517. The van der Waals surface area contributed by atoms with Crippen molar-refractivity contribution in [2.45, 2.75) is 44.9 Å². The number of carbonyl (C=O) groups is 1. The highest BCUT2D eigenvalue weighted by Crippen LogP contribution is 2.26. The first-order valence-electron chi connectivity index (χ1n) is 11.8. The van der Waals surface area contributed by atoms with Gasteiger partial charge in [0.2, 0.25) is 0 Å². The topological polar surface area (TPSA) is 101 Å². The van der Waals surface area contributed by atoms with Crippen molar-refractivity contribution in [3.05, 3.63) is 50.7 Å². The molecule has 1 fully saturated rings. The van der Waals surface area contributed by atoms with Crippen LogP contribution in [0.25, 0.3) is 0 Å². The van der Waals surface area contributed by atoms with Gasteiger partial charge in [-0.25, -0.2) is 4.98 Å². The van der Waals surface area contributed by atoms with E-state index in [4.69, 9.17) is 21.1 Å². The fourth-order valence-electron chi connectivity index (χ4n) is 4.43. The first-order valence-corrected chi connectivity index (χ1v) is 13.6. The molecule has 0 radical (unpaired) electrons. The lowest BCUT2D eigenvalue weighted by Crippen LogP contribution is -2.54. The summed E-state index contributed by atoms with van der Waals surface area (Å²) in [5, 5.41) is 12.6. The Morgan fingerprint density at radius 1 is 1.49 bits per heavy atom. The van der Waals surface area contributed by atoms with E-state index < -0.39 is 6.04 Å². The van der Waals surface area contributed by atoms with Crippen LogP contribution in [0.5, 0.6) is 0 Å². The van der Waals surface area contributed by atoms with E-state index in [2.05, 4.69) is 4.98 Å². The van der Waals surface area contributed by atoms with E-state index in [1.165, 1.54) is 0 Å². The van der Waals surface area contributed by atoms with Gasteiger partial charge in [0.15, 0.2) is 5.82 Å². The Bertz CT molecular complexity index is 897. The molecule has 1 aromatic rings. The molecule has 2 atom stereocenters. The zero-order valence-electron chi connectivity index (χ0n) is 20.5. The van der Waals surface area contributed by atoms with Crippen LogP contribution in [0.4, 0.5) is 0 Å². The average molecular weight is 528 g/mol. The summed E-state index contributed by atoms with van der Waals surface area (Å²) in [6.07, 6.45) is 5.98. The van der Waals surface area contributed by atoms with E-state index >= 15 is 0 Å². The van der Waals surface area contributed by atoms with E-state index in [9.17, 15) is 14.9 Å². The Hall–Kier alpha value is -2.08. The van der Waals surface area contributed by atoms with Gasteiger partial charge < -0.3 is 19.3 Å². The van der Waals surface area contributed by atoms with E-state index in [1.807, 2.05) is 41.0 Å². The van der Waals surface area contributed by atoms with Gasteiger partial charge in [0.25, 0.3) is 5.70 Å². The molecule has 0 aliphatic carbocycles. The highest BCUT2D eigenvalue weighted by molar-refractivity contribution is 7.98. The van der Waals surface area contributed by atoms with E-state index in [-0.39, 0.29) is 35.8 Å². The molecule has 3 rings (SSSR count). The second-order valence-electron chi connectivity index (χ2n) is 8.68. The summed E-state index contributed by atoms with van der Waals surface area (Å²) < 4.78 is 11.2. The number of halogens is 1. The predicted molar refractivity (Wildman–Crippen MR) is 135 cm³/mol. The Kier molecular flexibility index (Phi) is 10.4. The fraction of sp³-hybridized carbons (Fsp3) is 0.652. The third kappa shape index (κ3) is 7.45. The van der Waals surface area contributed by atoms with Gasteiger partial charge in [0.1, 0.15) is 17.8 Å². The molecule has 0 N–H and O–H groups in total. The number of hydrogen-bond acceptors (Lipinski definition) is 10. The number of aromatic nitrogens is 1. The van der Waals surface area contributed by atoms with Crippen LogP contribution in [0.3, 0.4) is 0 Å². The molecule has 2 aliphatic rings. The summed E-state index contributed by atoms with van der Waals surface area (Å²) in [5.41, 5.74) is 0.960. The number of nitro groups is 1. The lowest BCUT2D eigenvalue weighted by atomic mass is 10.1. The number of carbonyl (C=O) groups excluding carboxylic acids is 1. The van der Waals surface area contributed by atoms with Gasteiger partial charge >= 0.3 is 5.97 Å². The van der Waals surface area contributed by atoms with Gasteiger partial charge in [0, 0.05) is 32.9 Å². The van der Waals surface area contributed by atoms with Gasteiger partial charge in [-0.05, 0) is 49.8 Å². The van der Waals surface area contributed by atoms with Crippen LogP contribution in [0, 0.1) is 10.1 Å². The number of hydrogen-bond donors (Lipinski definition) is 0. The molecule has 0 saturated carbocycles. The van der Waals surface area contributed by atoms with E-state index in [0.29, 0.717) is 43.8 Å². The van der Waals surface area contributed by atoms with Crippen LogP contribution < -0.4 is 0 Å². The largest absolute Gasteiger partial charge is 0.462 e. The minimum Gasteiger partial charge on any atom is -0.462 e. The highest BCUT2D eigenvalue weighted by Gasteiger charge is 2.39. The van der Waals surface area contributed by atoms with Crippen molar-refractivity contribution in [3.8, 4) is 0 Å². The zero-order chi connectivity index (χ0) is 25.4. The number of pyridine rings is 1. The maximum absolute atomic E-state index is 13.1. The molecule has 1 aromatic heterocycles. The number of nitrogens with zero attached hydrogens (tertiary/aromatic N) is 5. The molecule has 0 amide bonds. The first-order chi connectivity index (χ1) is 16.8. The van der Waals surface area contributed by atoms with Crippen molar-refractivity contribution in [1.29, 1.82) is 0 Å². The molecular weight excluding hydrogens is 494 g/mol. The second kappa shape index (κ2) is 13.3. The molecule has 194 valence electrons. The zero-order valence-corrected chi connectivity index (χ0v) is 22.1. The summed E-state index contributed by atoms with van der Waals surface area (Å²) in [6.45, 7) is 4.31. The normalized spacial score (nSPS) is 19.7. The van der Waals surface area contributed by atoms with Crippen LogP contribution in [-0.2, 0) is 20.8 Å². The van der Waals surface area contributed by atoms with Gasteiger partial charge in [0.05, 0.1) is 24.2 Å². The van der Waals surface area contributed by atoms with Crippen molar-refractivity contribution in [1.82, 2.24) is 19.7 Å². The lowest BCUT2D eigenvalue weighted by Gasteiger charge is -2.41. The number of thioether (sulfide) groups is 1. The second-order valence-corrected chi connectivity index (χ2v) is 10.1. The number of rotatable bonds is 12. The maximum atomic E-state index is 13.1. The maximum Gasteiger partial charge on any atom is 0.323 e. The van der Waals surface area contributed by atoms with Crippen molar-refractivity contribution in [2.24, 2.45) is 0 Å². The summed E-state index contributed by atoms with van der Waals surface area (Å²) in [7, 11) is 1.82. The van der Waals surface area contributed by atoms with Crippen LogP contribution in [-0.4, -0.2) is 94.8 Å². The molecule has 10 nitrogen and oxygen atoms in total.